The Kier molecular flexibility index (Phi) is 3.25. The summed E-state index contributed by atoms with van der Waals surface area (Å²) in [5.41, 5.74) is 0.364. The van der Waals surface area contributed by atoms with Crippen molar-refractivity contribution in [3.63, 3.8) is 0 Å². The maximum absolute atomic E-state index is 10.7. The number of allylic oxidation sites excluding steroid dienone is 1. The molecule has 3 nitrogen and oxygen atoms in total. The van der Waals surface area contributed by atoms with E-state index in [4.69, 9.17) is 9.84 Å². The summed E-state index contributed by atoms with van der Waals surface area (Å²) in [6, 6.07) is 0. The van der Waals surface area contributed by atoms with Gasteiger partial charge in [0.25, 0.3) is 0 Å². The van der Waals surface area contributed by atoms with Crippen molar-refractivity contribution in [2.24, 2.45) is 17.8 Å². The van der Waals surface area contributed by atoms with Crippen molar-refractivity contribution in [2.45, 2.75) is 44.1 Å². The molecule has 3 aliphatic carbocycles. The number of hydrogen-bond donors (Lipinski definition) is 1. The summed E-state index contributed by atoms with van der Waals surface area (Å²) in [7, 11) is 0. The van der Waals surface area contributed by atoms with Crippen LogP contribution in [0.4, 0.5) is 0 Å². The molecule has 2 fully saturated rings. The zero-order chi connectivity index (χ0) is 13.5. The second kappa shape index (κ2) is 4.78. The average Bonchev–Trinajstić information content (AvgIpc) is 3.05. The molecule has 1 N–H and O–H groups in total. The van der Waals surface area contributed by atoms with E-state index in [1.54, 1.807) is 0 Å². The molecule has 0 aromatic carbocycles. The zero-order valence-corrected chi connectivity index (χ0v) is 11.3. The molecule has 0 spiro atoms. The Labute approximate surface area is 114 Å². The molecule has 0 aliphatic heterocycles. The van der Waals surface area contributed by atoms with Crippen molar-refractivity contribution < 1.29 is 14.6 Å². The molecular weight excluding hydrogens is 240 g/mol. The minimum atomic E-state index is -0.890. The number of carbonyl (C=O) groups is 1. The van der Waals surface area contributed by atoms with Gasteiger partial charge in [-0.2, -0.15) is 0 Å². The molecule has 2 bridgehead atoms. The van der Waals surface area contributed by atoms with Crippen molar-refractivity contribution in [2.75, 3.05) is 6.61 Å². The number of ether oxygens (including phenoxy) is 1. The Morgan fingerprint density at radius 1 is 1.53 bits per heavy atom. The molecule has 19 heavy (non-hydrogen) atoms. The van der Waals surface area contributed by atoms with Crippen LogP contribution in [0.3, 0.4) is 0 Å². The van der Waals surface area contributed by atoms with E-state index in [2.05, 4.69) is 18.7 Å². The van der Waals surface area contributed by atoms with E-state index in [1.807, 2.05) is 0 Å². The Morgan fingerprint density at radius 3 is 3.16 bits per heavy atom. The van der Waals surface area contributed by atoms with Crippen LogP contribution < -0.4 is 0 Å². The van der Waals surface area contributed by atoms with Crippen LogP contribution in [0.1, 0.15) is 38.5 Å². The van der Waals surface area contributed by atoms with Gasteiger partial charge < -0.3 is 9.84 Å². The lowest BCUT2D eigenvalue weighted by Gasteiger charge is -2.35. The second-order valence-corrected chi connectivity index (χ2v) is 6.28. The van der Waals surface area contributed by atoms with Crippen LogP contribution in [-0.2, 0) is 9.53 Å². The van der Waals surface area contributed by atoms with Gasteiger partial charge in [0.05, 0.1) is 5.60 Å². The van der Waals surface area contributed by atoms with Gasteiger partial charge in [0.2, 0.25) is 0 Å². The highest BCUT2D eigenvalue weighted by Gasteiger charge is 2.58. The number of carboxylic acids is 1. The maximum Gasteiger partial charge on any atom is 0.330 e. The summed E-state index contributed by atoms with van der Waals surface area (Å²) in [5, 5.41) is 8.77. The van der Waals surface area contributed by atoms with Gasteiger partial charge in [-0.15, -0.1) is 0 Å². The molecule has 3 rings (SSSR count). The fourth-order valence-electron chi connectivity index (χ4n) is 4.36. The molecule has 104 valence electrons. The lowest BCUT2D eigenvalue weighted by Crippen LogP contribution is -2.37. The number of carboxylic acid groups (broad SMARTS) is 1. The van der Waals surface area contributed by atoms with Gasteiger partial charge in [-0.05, 0) is 50.4 Å². The van der Waals surface area contributed by atoms with Crippen LogP contribution in [0.15, 0.2) is 24.3 Å². The number of hydrogen-bond acceptors (Lipinski definition) is 2. The van der Waals surface area contributed by atoms with Crippen molar-refractivity contribution in [3.05, 3.63) is 24.3 Å². The normalized spacial score (nSPS) is 38.6. The Hall–Kier alpha value is -1.09. The van der Waals surface area contributed by atoms with Crippen LogP contribution in [0, 0.1) is 17.8 Å². The largest absolute Gasteiger partial charge is 0.478 e. The fourth-order valence-corrected chi connectivity index (χ4v) is 4.36. The van der Waals surface area contributed by atoms with Gasteiger partial charge in [0, 0.05) is 18.1 Å². The molecule has 0 heterocycles. The van der Waals surface area contributed by atoms with Crippen molar-refractivity contribution in [3.8, 4) is 0 Å². The van der Waals surface area contributed by atoms with Gasteiger partial charge in [-0.1, -0.05) is 18.7 Å². The van der Waals surface area contributed by atoms with Gasteiger partial charge in [0.15, 0.2) is 0 Å². The number of fused-ring (bicyclic) bond motifs is 5. The molecule has 0 saturated heterocycles. The summed E-state index contributed by atoms with van der Waals surface area (Å²) in [6.07, 6.45) is 10.9. The highest BCUT2D eigenvalue weighted by Crippen LogP contribution is 2.60. The monoisotopic (exact) mass is 262 g/mol. The SMILES string of the molecule is C=C(CCCOC12CCC(C1)C1CC=CC12)C(=O)O. The van der Waals surface area contributed by atoms with Crippen molar-refractivity contribution >= 4 is 5.97 Å². The number of rotatable bonds is 6. The number of aliphatic carboxylic acids is 1. The molecule has 4 atom stereocenters. The Bertz CT molecular complexity index is 426. The molecular formula is C16H22O3. The van der Waals surface area contributed by atoms with Crippen LogP contribution in [0.25, 0.3) is 0 Å². The van der Waals surface area contributed by atoms with Gasteiger partial charge in [-0.25, -0.2) is 4.79 Å². The first-order chi connectivity index (χ1) is 9.12. The van der Waals surface area contributed by atoms with Crippen molar-refractivity contribution in [1.29, 1.82) is 0 Å². The maximum atomic E-state index is 10.7. The average molecular weight is 262 g/mol. The molecule has 2 saturated carbocycles. The highest BCUT2D eigenvalue weighted by molar-refractivity contribution is 5.85. The first kappa shape index (κ1) is 12.9. The molecule has 0 aromatic rings. The van der Waals surface area contributed by atoms with Crippen LogP contribution in [0.5, 0.6) is 0 Å². The fraction of sp³-hybridized carbons (Fsp3) is 0.688. The lowest BCUT2D eigenvalue weighted by molar-refractivity contribution is -0.132. The molecule has 0 aromatic heterocycles. The third-order valence-corrected chi connectivity index (χ3v) is 5.29. The summed E-state index contributed by atoms with van der Waals surface area (Å²) >= 11 is 0. The highest BCUT2D eigenvalue weighted by atomic mass is 16.5. The first-order valence-corrected chi connectivity index (χ1v) is 7.34. The first-order valence-electron chi connectivity index (χ1n) is 7.34. The molecule has 0 amide bonds. The van der Waals surface area contributed by atoms with Crippen LogP contribution in [-0.4, -0.2) is 23.3 Å². The van der Waals surface area contributed by atoms with E-state index in [-0.39, 0.29) is 11.2 Å². The Balaban J connectivity index is 1.51. The Morgan fingerprint density at radius 2 is 2.37 bits per heavy atom. The van der Waals surface area contributed by atoms with Gasteiger partial charge in [-0.3, -0.25) is 0 Å². The third kappa shape index (κ3) is 2.14. The quantitative estimate of drug-likeness (QED) is 0.454. The van der Waals surface area contributed by atoms with Gasteiger partial charge in [0.1, 0.15) is 0 Å². The predicted octanol–water partition coefficient (Wildman–Crippen LogP) is 3.17. The third-order valence-electron chi connectivity index (χ3n) is 5.29. The second-order valence-electron chi connectivity index (χ2n) is 6.28. The van der Waals surface area contributed by atoms with E-state index >= 15 is 0 Å². The predicted molar refractivity (Wildman–Crippen MR) is 72.8 cm³/mol. The van der Waals surface area contributed by atoms with E-state index < -0.39 is 5.97 Å². The summed E-state index contributed by atoms with van der Waals surface area (Å²) in [5.74, 6) is 1.41. The van der Waals surface area contributed by atoms with Crippen molar-refractivity contribution in [1.82, 2.24) is 0 Å². The molecule has 3 aliphatic rings. The minimum Gasteiger partial charge on any atom is -0.478 e. The topological polar surface area (TPSA) is 46.5 Å². The minimum absolute atomic E-state index is 0.0763. The van der Waals surface area contributed by atoms with Crippen LogP contribution >= 0.6 is 0 Å². The zero-order valence-electron chi connectivity index (χ0n) is 11.3. The smallest absolute Gasteiger partial charge is 0.330 e. The van der Waals surface area contributed by atoms with Crippen LogP contribution in [0.2, 0.25) is 0 Å². The van der Waals surface area contributed by atoms with E-state index in [0.29, 0.717) is 18.9 Å². The van der Waals surface area contributed by atoms with E-state index in [9.17, 15) is 4.79 Å². The molecule has 0 radical (unpaired) electrons. The van der Waals surface area contributed by atoms with E-state index in [0.717, 1.165) is 18.3 Å². The summed E-state index contributed by atoms with van der Waals surface area (Å²) < 4.78 is 6.24. The molecule has 4 unspecified atom stereocenters. The molecule has 3 heteroatoms. The van der Waals surface area contributed by atoms with E-state index in [1.165, 1.54) is 25.7 Å². The summed E-state index contributed by atoms with van der Waals surface area (Å²) in [6.45, 7) is 4.22. The van der Waals surface area contributed by atoms with Gasteiger partial charge >= 0.3 is 5.97 Å². The standard InChI is InChI=1S/C16H22O3/c1-11(15(17)18)4-3-9-19-16-8-7-12(10-16)13-5-2-6-14(13)16/h2,6,12-14H,1,3-5,7-10H2,(H,17,18). The summed E-state index contributed by atoms with van der Waals surface area (Å²) in [4.78, 5) is 10.7. The lowest BCUT2D eigenvalue weighted by atomic mass is 9.79.